The minimum absolute atomic E-state index is 0.0730. The molecule has 0 aromatic carbocycles. The normalized spacial score (nSPS) is 11.0. The number of nitrogens with two attached hydrogens (primary N) is 1. The molecule has 1 heterocycles. The second-order valence-electron chi connectivity index (χ2n) is 3.60. The number of anilines is 1. The zero-order chi connectivity index (χ0) is 15.7. The van der Waals surface area contributed by atoms with Crippen molar-refractivity contribution in [1.82, 2.24) is 20.8 Å². The Hall–Kier alpha value is -2.50. The van der Waals surface area contributed by atoms with Crippen LogP contribution in [0.15, 0.2) is 16.5 Å². The fourth-order valence-electron chi connectivity index (χ4n) is 1.16. The molecule has 1 rings (SSSR count). The Balaban J connectivity index is 2.21. The molecule has 0 fully saturated rings. The summed E-state index contributed by atoms with van der Waals surface area (Å²) in [5.41, 5.74) is 5.12. The van der Waals surface area contributed by atoms with Crippen LogP contribution >= 0.6 is 11.8 Å². The zero-order valence-corrected chi connectivity index (χ0v) is 12.1. The van der Waals surface area contributed by atoms with E-state index in [1.165, 1.54) is 25.0 Å². The van der Waals surface area contributed by atoms with Crippen LogP contribution in [0.1, 0.15) is 5.82 Å². The van der Waals surface area contributed by atoms with E-state index < -0.39 is 4.92 Å². The first-order valence-electron chi connectivity index (χ1n) is 5.80. The van der Waals surface area contributed by atoms with Gasteiger partial charge in [0, 0.05) is 12.3 Å². The van der Waals surface area contributed by atoms with Crippen LogP contribution in [0.2, 0.25) is 0 Å². The summed E-state index contributed by atoms with van der Waals surface area (Å²) in [4.78, 5) is 13.9. The molecule has 0 atom stereocenters. The molecule has 1 aromatic rings. The Kier molecular flexibility index (Phi) is 6.80. The predicted octanol–water partition coefficient (Wildman–Crippen LogP) is -0.507. The highest BCUT2D eigenvalue weighted by molar-refractivity contribution is 7.98. The molecule has 0 aliphatic heterocycles. The van der Waals surface area contributed by atoms with Gasteiger partial charge in [-0.25, -0.2) is 0 Å². The number of hydrogen-bond donors (Lipinski definition) is 5. The van der Waals surface area contributed by atoms with Crippen molar-refractivity contribution in [3.8, 4) is 0 Å². The van der Waals surface area contributed by atoms with E-state index >= 15 is 0 Å². The molecule has 0 saturated carbocycles. The lowest BCUT2D eigenvalue weighted by Gasteiger charge is -2.01. The lowest BCUT2D eigenvalue weighted by Crippen LogP contribution is -2.20. The van der Waals surface area contributed by atoms with Crippen molar-refractivity contribution in [2.24, 2.45) is 5.73 Å². The minimum atomic E-state index is -0.511. The standard InChI is InChI=1S/C9H16N8O3S/c1-12-7(17(18)19)4-13-2-3-21-5-6-14-9(20-16-6)15-8(10)11/h4,12-13H,2-3,5H2,1H3,(H4,10,11,14,15,16). The lowest BCUT2D eigenvalue weighted by atomic mass is 10.7. The molecule has 0 saturated heterocycles. The maximum absolute atomic E-state index is 10.5. The fraction of sp³-hybridized carbons (Fsp3) is 0.444. The molecule has 11 nitrogen and oxygen atoms in total. The smallest absolute Gasteiger partial charge is 0.331 e. The summed E-state index contributed by atoms with van der Waals surface area (Å²) >= 11 is 1.53. The topological polar surface area (TPSA) is 168 Å². The molecule has 1 aromatic heterocycles. The van der Waals surface area contributed by atoms with Gasteiger partial charge in [-0.05, 0) is 4.92 Å². The highest BCUT2D eigenvalue weighted by Gasteiger charge is 2.06. The van der Waals surface area contributed by atoms with E-state index in [2.05, 4.69) is 26.1 Å². The molecule has 0 radical (unpaired) electrons. The lowest BCUT2D eigenvalue weighted by molar-refractivity contribution is -0.431. The number of thioether (sulfide) groups is 1. The van der Waals surface area contributed by atoms with E-state index in [1.807, 2.05) is 0 Å². The van der Waals surface area contributed by atoms with Gasteiger partial charge in [-0.15, -0.1) is 0 Å². The number of hydrogen-bond acceptors (Lipinski definition) is 9. The van der Waals surface area contributed by atoms with E-state index in [0.717, 1.165) is 0 Å². The SMILES string of the molecule is CNC(=CNCCSCc1noc(NC(=N)N)n1)[N+](=O)[O-]. The van der Waals surface area contributed by atoms with Gasteiger partial charge in [0.2, 0.25) is 0 Å². The maximum Gasteiger partial charge on any atom is 0.331 e. The van der Waals surface area contributed by atoms with Crippen molar-refractivity contribution in [3.63, 3.8) is 0 Å². The van der Waals surface area contributed by atoms with Crippen LogP contribution in [-0.4, -0.2) is 40.4 Å². The van der Waals surface area contributed by atoms with Gasteiger partial charge >= 0.3 is 11.8 Å². The molecule has 0 bridgehead atoms. The van der Waals surface area contributed by atoms with Crippen LogP contribution < -0.4 is 21.7 Å². The number of nitrogens with zero attached hydrogens (tertiary/aromatic N) is 3. The van der Waals surface area contributed by atoms with E-state index in [-0.39, 0.29) is 17.8 Å². The summed E-state index contributed by atoms with van der Waals surface area (Å²) in [7, 11) is 1.48. The Morgan fingerprint density at radius 3 is 3.05 bits per heavy atom. The van der Waals surface area contributed by atoms with Gasteiger partial charge in [0.1, 0.15) is 0 Å². The quantitative estimate of drug-likeness (QED) is 0.131. The van der Waals surface area contributed by atoms with Crippen LogP contribution in [0.3, 0.4) is 0 Å². The molecule has 0 unspecified atom stereocenters. The first kappa shape index (κ1) is 16.6. The summed E-state index contributed by atoms with van der Waals surface area (Å²) < 4.78 is 4.81. The number of nitro groups is 1. The monoisotopic (exact) mass is 316 g/mol. The molecular formula is C9H16N8O3S. The zero-order valence-electron chi connectivity index (χ0n) is 11.3. The van der Waals surface area contributed by atoms with Crippen molar-refractivity contribution in [2.75, 3.05) is 24.7 Å². The highest BCUT2D eigenvalue weighted by Crippen LogP contribution is 2.10. The number of nitrogens with one attached hydrogen (secondary N) is 4. The Labute approximate surface area is 124 Å². The van der Waals surface area contributed by atoms with Gasteiger partial charge in [-0.3, -0.25) is 16.0 Å². The van der Waals surface area contributed by atoms with Gasteiger partial charge in [0.15, 0.2) is 11.8 Å². The van der Waals surface area contributed by atoms with E-state index in [4.69, 9.17) is 15.7 Å². The maximum atomic E-state index is 10.5. The van der Waals surface area contributed by atoms with Gasteiger partial charge in [0.25, 0.3) is 0 Å². The van der Waals surface area contributed by atoms with Crippen LogP contribution in [-0.2, 0) is 5.75 Å². The molecule has 12 heteroatoms. The summed E-state index contributed by atoms with van der Waals surface area (Å²) in [6.07, 6.45) is 1.31. The van der Waals surface area contributed by atoms with Crippen molar-refractivity contribution >= 4 is 23.7 Å². The molecule has 0 aliphatic rings. The average molecular weight is 316 g/mol. The molecule has 116 valence electrons. The molecule has 0 amide bonds. The first-order chi connectivity index (χ1) is 10.0. The second-order valence-corrected chi connectivity index (χ2v) is 4.70. The van der Waals surface area contributed by atoms with Crippen LogP contribution in [0, 0.1) is 15.5 Å². The van der Waals surface area contributed by atoms with Crippen LogP contribution in [0.4, 0.5) is 6.01 Å². The predicted molar refractivity (Wildman–Crippen MR) is 78.1 cm³/mol. The largest absolute Gasteiger partial charge is 0.383 e. The second kappa shape index (κ2) is 8.63. The Bertz CT molecular complexity index is 517. The summed E-state index contributed by atoms with van der Waals surface area (Å²) in [5, 5.41) is 28.9. The Morgan fingerprint density at radius 1 is 1.67 bits per heavy atom. The summed E-state index contributed by atoms with van der Waals surface area (Å²) in [6, 6.07) is 0.0730. The third kappa shape index (κ3) is 6.47. The van der Waals surface area contributed by atoms with Crippen LogP contribution in [0.25, 0.3) is 0 Å². The molecule has 0 aliphatic carbocycles. The molecular weight excluding hydrogens is 300 g/mol. The Morgan fingerprint density at radius 2 is 2.43 bits per heavy atom. The third-order valence-electron chi connectivity index (χ3n) is 2.02. The van der Waals surface area contributed by atoms with E-state index in [1.54, 1.807) is 0 Å². The summed E-state index contributed by atoms with van der Waals surface area (Å²) in [6.45, 7) is 0.556. The summed E-state index contributed by atoms with van der Waals surface area (Å²) in [5.74, 6) is 1.32. The fourth-order valence-corrected chi connectivity index (χ4v) is 1.86. The first-order valence-corrected chi connectivity index (χ1v) is 6.95. The van der Waals surface area contributed by atoms with Crippen molar-refractivity contribution in [1.29, 1.82) is 5.41 Å². The number of rotatable bonds is 9. The molecule has 0 spiro atoms. The van der Waals surface area contributed by atoms with Crippen LogP contribution in [0.5, 0.6) is 0 Å². The van der Waals surface area contributed by atoms with Crippen molar-refractivity contribution in [2.45, 2.75) is 5.75 Å². The average Bonchev–Trinajstić information content (AvgIpc) is 2.84. The van der Waals surface area contributed by atoms with Crippen molar-refractivity contribution in [3.05, 3.63) is 28.0 Å². The minimum Gasteiger partial charge on any atom is -0.383 e. The van der Waals surface area contributed by atoms with E-state index in [0.29, 0.717) is 23.9 Å². The van der Waals surface area contributed by atoms with Crippen molar-refractivity contribution < 1.29 is 9.45 Å². The van der Waals surface area contributed by atoms with Gasteiger partial charge in [-0.1, -0.05) is 5.16 Å². The van der Waals surface area contributed by atoms with Gasteiger partial charge < -0.3 is 25.7 Å². The van der Waals surface area contributed by atoms with E-state index in [9.17, 15) is 10.1 Å². The van der Waals surface area contributed by atoms with Gasteiger partial charge in [-0.2, -0.15) is 16.7 Å². The molecule has 6 N–H and O–H groups in total. The third-order valence-corrected chi connectivity index (χ3v) is 2.98. The highest BCUT2D eigenvalue weighted by atomic mass is 32.2. The number of aromatic nitrogens is 2. The number of guanidine groups is 1. The molecule has 21 heavy (non-hydrogen) atoms. The van der Waals surface area contributed by atoms with Gasteiger partial charge in [0.05, 0.1) is 19.0 Å².